The minimum atomic E-state index is -2.75. The first-order chi connectivity index (χ1) is 11.0. The minimum Gasteiger partial charge on any atom is -0.345 e. The smallest absolute Gasteiger partial charge is 0.280 e. The lowest BCUT2D eigenvalue weighted by molar-refractivity contribution is 0.0915. The number of hydrogen-bond acceptors (Lipinski definition) is 2. The second-order valence-corrected chi connectivity index (χ2v) is 6.14. The molecule has 23 heavy (non-hydrogen) atoms. The summed E-state index contributed by atoms with van der Waals surface area (Å²) >= 11 is 5.89. The monoisotopic (exact) mass is 339 g/mol. The van der Waals surface area contributed by atoms with Gasteiger partial charge in [-0.25, -0.2) is 8.78 Å². The predicted molar refractivity (Wildman–Crippen MR) is 82.5 cm³/mol. The van der Waals surface area contributed by atoms with Gasteiger partial charge in [-0.2, -0.15) is 5.10 Å². The summed E-state index contributed by atoms with van der Waals surface area (Å²) in [4.78, 5) is 12.4. The number of nitrogens with zero attached hydrogens (tertiary/aromatic N) is 2. The molecule has 0 saturated heterocycles. The highest BCUT2D eigenvalue weighted by molar-refractivity contribution is 6.30. The van der Waals surface area contributed by atoms with Crippen molar-refractivity contribution in [3.05, 3.63) is 52.3 Å². The highest BCUT2D eigenvalue weighted by Gasteiger charge is 2.34. The number of alkyl halides is 2. The molecule has 0 unspecified atom stereocenters. The number of hydrogen-bond donors (Lipinski definition) is 1. The van der Waals surface area contributed by atoms with Gasteiger partial charge in [0.1, 0.15) is 5.69 Å². The number of rotatable bonds is 5. The van der Waals surface area contributed by atoms with Crippen molar-refractivity contribution in [2.45, 2.75) is 25.3 Å². The Balaban J connectivity index is 1.84. The van der Waals surface area contributed by atoms with Gasteiger partial charge in [-0.05, 0) is 36.5 Å². The Kier molecular flexibility index (Phi) is 4.35. The van der Waals surface area contributed by atoms with Crippen LogP contribution in [0.2, 0.25) is 5.02 Å². The molecule has 1 N–H and O–H groups in total. The van der Waals surface area contributed by atoms with Crippen LogP contribution in [0.15, 0.2) is 30.5 Å². The zero-order valence-electron chi connectivity index (χ0n) is 12.5. The van der Waals surface area contributed by atoms with Gasteiger partial charge in [0.05, 0.1) is 17.8 Å². The van der Waals surface area contributed by atoms with Crippen molar-refractivity contribution in [2.75, 3.05) is 0 Å². The molecule has 1 heterocycles. The number of nitrogens with one attached hydrogen (secondary N) is 1. The maximum atomic E-state index is 13.1. The second kappa shape index (κ2) is 6.28. The van der Waals surface area contributed by atoms with Crippen molar-refractivity contribution in [2.24, 2.45) is 13.0 Å². The zero-order chi connectivity index (χ0) is 16.6. The number of carbonyl (C=O) groups excluding carboxylic acids is 1. The van der Waals surface area contributed by atoms with E-state index in [0.29, 0.717) is 10.9 Å². The van der Waals surface area contributed by atoms with Gasteiger partial charge in [-0.3, -0.25) is 9.48 Å². The zero-order valence-corrected chi connectivity index (χ0v) is 13.2. The van der Waals surface area contributed by atoms with E-state index in [1.807, 2.05) is 12.1 Å². The van der Waals surface area contributed by atoms with E-state index in [1.54, 1.807) is 12.1 Å². The van der Waals surface area contributed by atoms with E-state index in [4.69, 9.17) is 11.6 Å². The van der Waals surface area contributed by atoms with Crippen LogP contribution in [0.4, 0.5) is 8.78 Å². The molecule has 3 rings (SSSR count). The maximum absolute atomic E-state index is 13.1. The molecule has 7 heteroatoms. The van der Waals surface area contributed by atoms with E-state index >= 15 is 0 Å². The molecule has 0 radical (unpaired) electrons. The Morgan fingerprint density at radius 1 is 1.35 bits per heavy atom. The van der Waals surface area contributed by atoms with Crippen LogP contribution in [0, 0.1) is 5.92 Å². The fourth-order valence-electron chi connectivity index (χ4n) is 2.67. The highest BCUT2D eigenvalue weighted by atomic mass is 35.5. The van der Waals surface area contributed by atoms with E-state index in [-0.39, 0.29) is 17.3 Å². The van der Waals surface area contributed by atoms with Crippen LogP contribution < -0.4 is 5.32 Å². The van der Waals surface area contributed by atoms with Crippen LogP contribution >= 0.6 is 11.6 Å². The molecule has 0 bridgehead atoms. The lowest BCUT2D eigenvalue weighted by atomic mass is 10.0. The van der Waals surface area contributed by atoms with Crippen LogP contribution in [0.5, 0.6) is 0 Å². The van der Waals surface area contributed by atoms with E-state index in [1.165, 1.54) is 13.2 Å². The topological polar surface area (TPSA) is 46.9 Å². The molecule has 1 saturated carbocycles. The minimum absolute atomic E-state index is 0.0814. The van der Waals surface area contributed by atoms with Crippen LogP contribution in [-0.2, 0) is 7.05 Å². The molecule has 1 atom stereocenters. The van der Waals surface area contributed by atoms with Gasteiger partial charge in [0.25, 0.3) is 12.3 Å². The number of benzene rings is 1. The molecule has 1 aliphatic rings. The molecule has 0 spiro atoms. The molecular weight excluding hydrogens is 324 g/mol. The number of amides is 1. The van der Waals surface area contributed by atoms with Crippen molar-refractivity contribution in [3.63, 3.8) is 0 Å². The average Bonchev–Trinajstić information content (AvgIpc) is 3.27. The summed E-state index contributed by atoms with van der Waals surface area (Å²) in [5.74, 6) is -0.202. The second-order valence-electron chi connectivity index (χ2n) is 5.71. The Bertz CT molecular complexity index is 711. The van der Waals surface area contributed by atoms with Crippen LogP contribution in [0.3, 0.4) is 0 Å². The van der Waals surface area contributed by atoms with Crippen LogP contribution in [-0.4, -0.2) is 15.7 Å². The van der Waals surface area contributed by atoms with Gasteiger partial charge in [-0.15, -0.1) is 0 Å². The molecule has 1 aromatic heterocycles. The molecule has 1 aliphatic carbocycles. The number of carbonyl (C=O) groups is 1. The third kappa shape index (κ3) is 3.37. The van der Waals surface area contributed by atoms with Gasteiger partial charge >= 0.3 is 0 Å². The first-order valence-corrected chi connectivity index (χ1v) is 7.71. The fraction of sp³-hybridized carbons (Fsp3) is 0.375. The summed E-state index contributed by atoms with van der Waals surface area (Å²) in [6.07, 6.45) is 0.436. The fourth-order valence-corrected chi connectivity index (χ4v) is 2.80. The number of halogens is 3. The van der Waals surface area contributed by atoms with Gasteiger partial charge in [0.15, 0.2) is 0 Å². The molecular formula is C16H16ClF2N3O. The van der Waals surface area contributed by atoms with Gasteiger partial charge < -0.3 is 5.32 Å². The van der Waals surface area contributed by atoms with E-state index in [9.17, 15) is 13.6 Å². The molecule has 0 aliphatic heterocycles. The molecule has 1 fully saturated rings. The Hall–Kier alpha value is -1.95. The molecule has 1 aromatic carbocycles. The highest BCUT2D eigenvalue weighted by Crippen LogP contribution is 2.41. The Morgan fingerprint density at radius 2 is 2.00 bits per heavy atom. The average molecular weight is 340 g/mol. The quantitative estimate of drug-likeness (QED) is 0.898. The van der Waals surface area contributed by atoms with E-state index < -0.39 is 12.3 Å². The lowest BCUT2D eigenvalue weighted by Crippen LogP contribution is -2.30. The predicted octanol–water partition coefficient (Wildman–Crippen LogP) is 3.89. The number of aryl methyl sites for hydroxylation is 1. The third-order valence-corrected chi connectivity index (χ3v) is 4.30. The lowest BCUT2D eigenvalue weighted by Gasteiger charge is -2.19. The van der Waals surface area contributed by atoms with Gasteiger partial charge in [0, 0.05) is 12.1 Å². The Morgan fingerprint density at radius 3 is 2.57 bits per heavy atom. The van der Waals surface area contributed by atoms with Crippen molar-refractivity contribution >= 4 is 17.5 Å². The van der Waals surface area contributed by atoms with Gasteiger partial charge in [0.2, 0.25) is 0 Å². The molecule has 1 amide bonds. The number of aromatic nitrogens is 2. The van der Waals surface area contributed by atoms with Crippen molar-refractivity contribution < 1.29 is 13.6 Å². The Labute approximate surface area is 137 Å². The van der Waals surface area contributed by atoms with E-state index in [0.717, 1.165) is 23.1 Å². The maximum Gasteiger partial charge on any atom is 0.280 e. The summed E-state index contributed by atoms with van der Waals surface area (Å²) in [6, 6.07) is 7.01. The summed E-state index contributed by atoms with van der Waals surface area (Å²) in [6.45, 7) is 0. The summed E-state index contributed by atoms with van der Waals surface area (Å²) in [5, 5.41) is 7.25. The standard InChI is InChI=1S/C16H16ClF2N3O/c1-22-14(15(18)19)12(8-20-22)16(23)21-13(9-2-3-9)10-4-6-11(17)7-5-10/h4-9,13,15H,2-3H2,1H3,(H,21,23)/t13-/m1/s1. The first kappa shape index (κ1) is 15.9. The van der Waals surface area contributed by atoms with Crippen LogP contribution in [0.1, 0.15) is 46.9 Å². The van der Waals surface area contributed by atoms with Crippen molar-refractivity contribution in [1.82, 2.24) is 15.1 Å². The third-order valence-electron chi connectivity index (χ3n) is 4.05. The summed E-state index contributed by atoms with van der Waals surface area (Å²) < 4.78 is 27.2. The first-order valence-electron chi connectivity index (χ1n) is 7.33. The largest absolute Gasteiger partial charge is 0.345 e. The summed E-state index contributed by atoms with van der Waals surface area (Å²) in [7, 11) is 1.40. The molecule has 122 valence electrons. The van der Waals surface area contributed by atoms with Crippen LogP contribution in [0.25, 0.3) is 0 Å². The van der Waals surface area contributed by atoms with Crippen molar-refractivity contribution in [1.29, 1.82) is 0 Å². The van der Waals surface area contributed by atoms with Crippen molar-refractivity contribution in [3.8, 4) is 0 Å². The molecule has 2 aromatic rings. The van der Waals surface area contributed by atoms with E-state index in [2.05, 4.69) is 10.4 Å². The molecule has 4 nitrogen and oxygen atoms in total. The summed E-state index contributed by atoms with van der Waals surface area (Å²) in [5.41, 5.74) is 0.475. The SMILES string of the molecule is Cn1ncc(C(=O)N[C@@H](c2ccc(Cl)cc2)C2CC2)c1C(F)F. The van der Waals surface area contributed by atoms with Gasteiger partial charge in [-0.1, -0.05) is 23.7 Å². The normalized spacial score (nSPS) is 15.7.